The van der Waals surface area contributed by atoms with Crippen LogP contribution in [-0.4, -0.2) is 23.3 Å². The first-order valence-corrected chi connectivity index (χ1v) is 5.57. The van der Waals surface area contributed by atoms with Crippen molar-refractivity contribution in [1.82, 2.24) is 5.32 Å². The molecule has 2 aliphatic rings. The highest BCUT2D eigenvalue weighted by Gasteiger charge is 2.53. The molecule has 0 aliphatic heterocycles. The molecule has 0 radical (unpaired) electrons. The molecule has 2 aliphatic carbocycles. The number of hydrogen-bond donors (Lipinski definition) is 2. The summed E-state index contributed by atoms with van der Waals surface area (Å²) in [5.41, 5.74) is -0.368. The lowest BCUT2D eigenvalue weighted by molar-refractivity contribution is -0.0111. The van der Waals surface area contributed by atoms with Gasteiger partial charge in [-0.25, -0.2) is 0 Å². The zero-order chi connectivity index (χ0) is 9.47. The summed E-state index contributed by atoms with van der Waals surface area (Å²) < 4.78 is 0. The molecule has 0 amide bonds. The summed E-state index contributed by atoms with van der Waals surface area (Å²) in [4.78, 5) is 0. The van der Waals surface area contributed by atoms with E-state index in [9.17, 15) is 5.11 Å². The van der Waals surface area contributed by atoms with Gasteiger partial charge >= 0.3 is 0 Å². The maximum absolute atomic E-state index is 10.4. The molecule has 0 saturated heterocycles. The highest BCUT2D eigenvalue weighted by molar-refractivity contribution is 5.05. The van der Waals surface area contributed by atoms with Gasteiger partial charge in [0.1, 0.15) is 0 Å². The normalized spacial score (nSPS) is 43.4. The highest BCUT2D eigenvalue weighted by Crippen LogP contribution is 2.54. The molecule has 0 spiro atoms. The van der Waals surface area contributed by atoms with E-state index in [0.717, 1.165) is 18.9 Å². The van der Waals surface area contributed by atoms with Crippen molar-refractivity contribution in [3.63, 3.8) is 0 Å². The van der Waals surface area contributed by atoms with Crippen LogP contribution in [0.3, 0.4) is 0 Å². The maximum atomic E-state index is 10.4. The third kappa shape index (κ3) is 1.89. The van der Waals surface area contributed by atoms with Crippen molar-refractivity contribution in [2.75, 3.05) is 6.54 Å². The Bertz CT molecular complexity index is 193. The first kappa shape index (κ1) is 9.47. The molecule has 2 fully saturated rings. The van der Waals surface area contributed by atoms with Crippen LogP contribution >= 0.6 is 0 Å². The molecular formula is C11H21NO. The van der Waals surface area contributed by atoms with Crippen LogP contribution in [0.25, 0.3) is 0 Å². The van der Waals surface area contributed by atoms with Gasteiger partial charge < -0.3 is 10.4 Å². The van der Waals surface area contributed by atoms with Crippen molar-refractivity contribution in [2.24, 2.45) is 11.8 Å². The van der Waals surface area contributed by atoms with Crippen LogP contribution in [0.2, 0.25) is 0 Å². The quantitative estimate of drug-likeness (QED) is 0.695. The molecule has 2 N–H and O–H groups in total. The molecule has 2 heteroatoms. The number of nitrogens with one attached hydrogen (secondary N) is 1. The third-order valence-corrected chi connectivity index (χ3v) is 3.61. The van der Waals surface area contributed by atoms with Crippen LogP contribution in [0, 0.1) is 11.8 Å². The van der Waals surface area contributed by atoms with Crippen LogP contribution in [-0.2, 0) is 0 Å². The van der Waals surface area contributed by atoms with Crippen LogP contribution in [0.1, 0.15) is 39.5 Å². The zero-order valence-corrected chi connectivity index (χ0v) is 8.71. The summed E-state index contributed by atoms with van der Waals surface area (Å²) >= 11 is 0. The third-order valence-electron chi connectivity index (χ3n) is 3.61. The second-order valence-electron chi connectivity index (χ2n) is 5.13. The summed E-state index contributed by atoms with van der Waals surface area (Å²) in [6, 6.07) is 0.489. The van der Waals surface area contributed by atoms with Gasteiger partial charge in [-0.3, -0.25) is 0 Å². The van der Waals surface area contributed by atoms with Gasteiger partial charge in [0.25, 0.3) is 0 Å². The topological polar surface area (TPSA) is 32.3 Å². The van der Waals surface area contributed by atoms with Crippen molar-refractivity contribution in [3.8, 4) is 0 Å². The molecule has 0 heterocycles. The molecule has 0 bridgehead atoms. The number of rotatable bonds is 3. The lowest BCUT2D eigenvalue weighted by Crippen LogP contribution is -2.46. The molecule has 2 nitrogen and oxygen atoms in total. The lowest BCUT2D eigenvalue weighted by Gasteiger charge is -2.33. The van der Waals surface area contributed by atoms with Crippen LogP contribution in [0.15, 0.2) is 0 Å². The van der Waals surface area contributed by atoms with E-state index in [1.165, 1.54) is 19.3 Å². The smallest absolute Gasteiger partial charge is 0.0802 e. The van der Waals surface area contributed by atoms with Crippen molar-refractivity contribution in [1.29, 1.82) is 0 Å². The molecular weight excluding hydrogens is 162 g/mol. The fraction of sp³-hybridized carbons (Fsp3) is 1.00. The van der Waals surface area contributed by atoms with E-state index < -0.39 is 0 Å². The molecule has 76 valence electrons. The number of aliphatic hydroxyl groups is 1. The van der Waals surface area contributed by atoms with Gasteiger partial charge in [0.15, 0.2) is 0 Å². The molecule has 13 heavy (non-hydrogen) atoms. The molecule has 2 saturated carbocycles. The summed E-state index contributed by atoms with van der Waals surface area (Å²) in [6.07, 6.45) is 4.86. The summed E-state index contributed by atoms with van der Waals surface area (Å²) in [5, 5.41) is 13.7. The van der Waals surface area contributed by atoms with Crippen LogP contribution < -0.4 is 5.32 Å². The Morgan fingerprint density at radius 2 is 2.31 bits per heavy atom. The van der Waals surface area contributed by atoms with E-state index in [1.54, 1.807) is 0 Å². The van der Waals surface area contributed by atoms with E-state index in [0.29, 0.717) is 12.0 Å². The average molecular weight is 183 g/mol. The first-order chi connectivity index (χ1) is 6.12. The van der Waals surface area contributed by atoms with E-state index in [4.69, 9.17) is 0 Å². The van der Waals surface area contributed by atoms with Gasteiger partial charge in [0, 0.05) is 12.6 Å². The number of hydrogen-bond acceptors (Lipinski definition) is 2. The monoisotopic (exact) mass is 183 g/mol. The van der Waals surface area contributed by atoms with Gasteiger partial charge in [0.2, 0.25) is 0 Å². The van der Waals surface area contributed by atoms with Gasteiger partial charge in [0.05, 0.1) is 5.60 Å². The summed E-state index contributed by atoms with van der Waals surface area (Å²) in [7, 11) is 0. The molecule has 2 rings (SSSR count). The Morgan fingerprint density at radius 1 is 1.54 bits per heavy atom. The predicted octanol–water partition coefficient (Wildman–Crippen LogP) is 1.54. The molecule has 3 atom stereocenters. The Morgan fingerprint density at radius 3 is 3.00 bits per heavy atom. The fourth-order valence-corrected chi connectivity index (χ4v) is 2.68. The average Bonchev–Trinajstić information content (AvgIpc) is 2.82. The van der Waals surface area contributed by atoms with Gasteiger partial charge in [-0.2, -0.15) is 0 Å². The first-order valence-electron chi connectivity index (χ1n) is 5.57. The maximum Gasteiger partial charge on any atom is 0.0802 e. The summed E-state index contributed by atoms with van der Waals surface area (Å²) in [6.45, 7) is 5.07. The SMILES string of the molecule is CC(C)NCC1(O)CCCC2CC21. The minimum absolute atomic E-state index is 0.368. The second kappa shape index (κ2) is 3.25. The molecule has 0 aromatic heterocycles. The van der Waals surface area contributed by atoms with Gasteiger partial charge in [-0.15, -0.1) is 0 Å². The fourth-order valence-electron chi connectivity index (χ4n) is 2.68. The molecule has 0 aromatic carbocycles. The van der Waals surface area contributed by atoms with Crippen molar-refractivity contribution < 1.29 is 5.11 Å². The van der Waals surface area contributed by atoms with Gasteiger partial charge in [-0.1, -0.05) is 20.3 Å². The number of fused-ring (bicyclic) bond motifs is 1. The molecule has 3 unspecified atom stereocenters. The van der Waals surface area contributed by atoms with Crippen LogP contribution in [0.5, 0.6) is 0 Å². The van der Waals surface area contributed by atoms with Crippen molar-refractivity contribution in [2.45, 2.75) is 51.2 Å². The Labute approximate surface area is 80.7 Å². The second-order valence-corrected chi connectivity index (χ2v) is 5.13. The predicted molar refractivity (Wildman–Crippen MR) is 53.5 cm³/mol. The van der Waals surface area contributed by atoms with Crippen LogP contribution in [0.4, 0.5) is 0 Å². The Balaban J connectivity index is 1.87. The highest BCUT2D eigenvalue weighted by atomic mass is 16.3. The Kier molecular flexibility index (Phi) is 2.37. The largest absolute Gasteiger partial charge is 0.388 e. The minimum Gasteiger partial charge on any atom is -0.388 e. The van der Waals surface area contributed by atoms with Crippen molar-refractivity contribution in [3.05, 3.63) is 0 Å². The Hall–Kier alpha value is -0.0800. The van der Waals surface area contributed by atoms with Gasteiger partial charge in [-0.05, 0) is 31.1 Å². The lowest BCUT2D eigenvalue weighted by atomic mass is 9.84. The van der Waals surface area contributed by atoms with E-state index in [-0.39, 0.29) is 5.60 Å². The van der Waals surface area contributed by atoms with E-state index >= 15 is 0 Å². The van der Waals surface area contributed by atoms with E-state index in [1.807, 2.05) is 0 Å². The molecule has 0 aromatic rings. The standard InChI is InChI=1S/C11H21NO/c1-8(2)12-7-11(13)5-3-4-9-6-10(9)11/h8-10,12-13H,3-7H2,1-2H3. The van der Waals surface area contributed by atoms with E-state index in [2.05, 4.69) is 19.2 Å². The van der Waals surface area contributed by atoms with Crippen molar-refractivity contribution >= 4 is 0 Å². The zero-order valence-electron chi connectivity index (χ0n) is 8.71. The summed E-state index contributed by atoms with van der Waals surface area (Å²) in [5.74, 6) is 1.47. The minimum atomic E-state index is -0.368.